The van der Waals surface area contributed by atoms with E-state index in [9.17, 15) is 18.7 Å². The second kappa shape index (κ2) is 10.6. The van der Waals surface area contributed by atoms with Gasteiger partial charge in [0.25, 0.3) is 0 Å². The van der Waals surface area contributed by atoms with E-state index >= 15 is 0 Å². The number of rotatable bonds is 8. The number of aliphatic hydroxyl groups excluding tert-OH is 1. The molecule has 6 nitrogen and oxygen atoms in total. The van der Waals surface area contributed by atoms with Crippen LogP contribution in [0.4, 0.5) is 8.78 Å². The molecule has 0 saturated carbocycles. The van der Waals surface area contributed by atoms with Crippen molar-refractivity contribution in [3.63, 3.8) is 0 Å². The highest BCUT2D eigenvalue weighted by Gasteiger charge is 2.15. The van der Waals surface area contributed by atoms with E-state index in [1.165, 1.54) is 18.2 Å². The zero-order valence-electron chi connectivity index (χ0n) is 14.0. The van der Waals surface area contributed by atoms with Crippen LogP contribution in [0.1, 0.15) is 5.56 Å². The van der Waals surface area contributed by atoms with E-state index in [-0.39, 0.29) is 12.3 Å². The first-order valence-corrected chi connectivity index (χ1v) is 8.92. The van der Waals surface area contributed by atoms with E-state index in [0.29, 0.717) is 29.8 Å². The minimum Gasteiger partial charge on any atom is -0.434 e. The molecule has 9 heteroatoms. The summed E-state index contributed by atoms with van der Waals surface area (Å²) in [4.78, 5) is 13.9. The van der Waals surface area contributed by atoms with Gasteiger partial charge in [-0.15, -0.1) is 0 Å². The molecule has 1 heterocycles. The number of alkyl halides is 2. The van der Waals surface area contributed by atoms with Gasteiger partial charge in [-0.3, -0.25) is 9.69 Å². The average Bonchev–Trinajstić information content (AvgIpc) is 2.60. The van der Waals surface area contributed by atoms with Crippen LogP contribution in [0.5, 0.6) is 5.75 Å². The van der Waals surface area contributed by atoms with Crippen molar-refractivity contribution in [1.29, 1.82) is 0 Å². The molecule has 2 rings (SSSR count). The number of carbonyl (C=O) groups excluding carboxylic acids is 1. The monoisotopic (exact) mass is 434 g/mol. The van der Waals surface area contributed by atoms with Crippen LogP contribution < -0.4 is 10.1 Å². The fourth-order valence-electron chi connectivity index (χ4n) is 2.44. The number of nitrogens with one attached hydrogen (secondary N) is 1. The molecule has 144 valence electrons. The topological polar surface area (TPSA) is 71.0 Å². The molecule has 1 aromatic carbocycles. The summed E-state index contributed by atoms with van der Waals surface area (Å²) in [6, 6.07) is 4.52. The van der Waals surface area contributed by atoms with Crippen LogP contribution in [0.15, 0.2) is 28.7 Å². The summed E-state index contributed by atoms with van der Waals surface area (Å²) in [6.45, 7) is 0.369. The number of nitrogens with zero attached hydrogens (tertiary/aromatic N) is 1. The van der Waals surface area contributed by atoms with Gasteiger partial charge in [0.2, 0.25) is 5.91 Å². The summed E-state index contributed by atoms with van der Waals surface area (Å²) in [6.07, 6.45) is 1.89. The van der Waals surface area contributed by atoms with E-state index in [1.807, 2.05) is 0 Å². The number of amides is 1. The predicted octanol–water partition coefficient (Wildman–Crippen LogP) is 1.87. The van der Waals surface area contributed by atoms with Crippen molar-refractivity contribution in [3.05, 3.63) is 34.3 Å². The van der Waals surface area contributed by atoms with Crippen molar-refractivity contribution in [2.75, 3.05) is 39.4 Å². The number of β-amino-alcohol motifs (C(OH)–C–C–N with tert-alkyl or cyclic N) is 1. The Morgan fingerprint density at radius 2 is 2.15 bits per heavy atom. The van der Waals surface area contributed by atoms with Crippen LogP contribution in [-0.2, 0) is 9.53 Å². The first-order chi connectivity index (χ1) is 12.4. The first kappa shape index (κ1) is 20.8. The Morgan fingerprint density at radius 1 is 1.42 bits per heavy atom. The quantitative estimate of drug-likeness (QED) is 0.611. The van der Waals surface area contributed by atoms with E-state index in [2.05, 4.69) is 30.9 Å². The van der Waals surface area contributed by atoms with Crippen LogP contribution in [0.25, 0.3) is 6.08 Å². The van der Waals surface area contributed by atoms with Crippen LogP contribution in [0, 0.1) is 0 Å². The fraction of sp³-hybridized carbons (Fsp3) is 0.471. The summed E-state index contributed by atoms with van der Waals surface area (Å²) >= 11 is 3.24. The van der Waals surface area contributed by atoms with Crippen molar-refractivity contribution in [3.8, 4) is 5.75 Å². The lowest BCUT2D eigenvalue weighted by molar-refractivity contribution is -0.117. The summed E-state index contributed by atoms with van der Waals surface area (Å²) in [7, 11) is 0. The lowest BCUT2D eigenvalue weighted by Crippen LogP contribution is -2.44. The predicted molar refractivity (Wildman–Crippen MR) is 96.1 cm³/mol. The molecular formula is C17H21BrF2N2O4. The smallest absolute Gasteiger partial charge is 0.387 e. The summed E-state index contributed by atoms with van der Waals surface area (Å²) in [5.74, 6) is -0.464. The molecule has 0 radical (unpaired) electrons. The number of hydrogen-bond acceptors (Lipinski definition) is 5. The standard InChI is InChI=1S/C17H21BrF2N2O4/c18-13-2-3-15(26-17(19)20)12(9-13)1-4-16(24)21-10-14(23)11-22-5-7-25-8-6-22/h1-4,9,14,17,23H,5-8,10-11H2,(H,21,24)/b4-1+. The van der Waals surface area contributed by atoms with E-state index in [1.54, 1.807) is 12.1 Å². The van der Waals surface area contributed by atoms with Gasteiger partial charge in [-0.25, -0.2) is 0 Å². The second-order valence-electron chi connectivity index (χ2n) is 5.71. The molecule has 2 N–H and O–H groups in total. The van der Waals surface area contributed by atoms with Gasteiger partial charge in [-0.1, -0.05) is 15.9 Å². The number of benzene rings is 1. The maximum absolute atomic E-state index is 12.4. The van der Waals surface area contributed by atoms with Crippen LogP contribution >= 0.6 is 15.9 Å². The number of carbonyl (C=O) groups is 1. The van der Waals surface area contributed by atoms with Gasteiger partial charge < -0.3 is 19.9 Å². The zero-order chi connectivity index (χ0) is 18.9. The molecule has 1 aliphatic rings. The average molecular weight is 435 g/mol. The molecule has 0 spiro atoms. The minimum absolute atomic E-state index is 0.0281. The van der Waals surface area contributed by atoms with Crippen LogP contribution in [-0.4, -0.2) is 68.0 Å². The largest absolute Gasteiger partial charge is 0.434 e. The third-order valence-electron chi connectivity index (χ3n) is 3.69. The SMILES string of the molecule is O=C(/C=C/c1cc(Br)ccc1OC(F)F)NCC(O)CN1CCOCC1. The maximum atomic E-state index is 12.4. The summed E-state index contributed by atoms with van der Waals surface area (Å²) in [5.41, 5.74) is 0.337. The van der Waals surface area contributed by atoms with Gasteiger partial charge in [-0.2, -0.15) is 8.78 Å². The zero-order valence-corrected chi connectivity index (χ0v) is 15.6. The third-order valence-corrected chi connectivity index (χ3v) is 4.18. The van der Waals surface area contributed by atoms with Crippen LogP contribution in [0.2, 0.25) is 0 Å². The minimum atomic E-state index is -2.95. The van der Waals surface area contributed by atoms with Crippen molar-refractivity contribution < 1.29 is 28.2 Å². The number of morpholine rings is 1. The number of hydrogen-bond donors (Lipinski definition) is 2. The molecule has 1 saturated heterocycles. The third kappa shape index (κ3) is 7.36. The molecule has 0 aromatic heterocycles. The highest BCUT2D eigenvalue weighted by Crippen LogP contribution is 2.25. The Bertz CT molecular complexity index is 625. The molecule has 0 aliphatic carbocycles. The van der Waals surface area contributed by atoms with Crippen molar-refractivity contribution >= 4 is 27.9 Å². The number of aliphatic hydroxyl groups is 1. The Hall–Kier alpha value is -1.55. The first-order valence-electron chi connectivity index (χ1n) is 8.12. The molecule has 1 aromatic rings. The number of ether oxygens (including phenoxy) is 2. The maximum Gasteiger partial charge on any atom is 0.387 e. The lowest BCUT2D eigenvalue weighted by Gasteiger charge is -2.28. The Morgan fingerprint density at radius 3 is 2.85 bits per heavy atom. The lowest BCUT2D eigenvalue weighted by atomic mass is 10.2. The molecule has 1 atom stereocenters. The van der Waals surface area contributed by atoms with Crippen LogP contribution in [0.3, 0.4) is 0 Å². The van der Waals surface area contributed by atoms with Gasteiger partial charge >= 0.3 is 6.61 Å². The van der Waals surface area contributed by atoms with Gasteiger partial charge in [0, 0.05) is 42.3 Å². The van der Waals surface area contributed by atoms with Crippen molar-refractivity contribution in [2.45, 2.75) is 12.7 Å². The van der Waals surface area contributed by atoms with Crippen molar-refractivity contribution in [1.82, 2.24) is 10.2 Å². The molecule has 1 aliphatic heterocycles. The second-order valence-corrected chi connectivity index (χ2v) is 6.62. The molecule has 26 heavy (non-hydrogen) atoms. The van der Waals surface area contributed by atoms with E-state index < -0.39 is 18.6 Å². The molecular weight excluding hydrogens is 414 g/mol. The summed E-state index contributed by atoms with van der Waals surface area (Å²) < 4.78 is 35.2. The Balaban J connectivity index is 1.84. The molecule has 0 bridgehead atoms. The number of halogens is 3. The summed E-state index contributed by atoms with van der Waals surface area (Å²) in [5, 5.41) is 12.6. The van der Waals surface area contributed by atoms with Gasteiger partial charge in [0.1, 0.15) is 5.75 Å². The highest BCUT2D eigenvalue weighted by molar-refractivity contribution is 9.10. The fourth-order valence-corrected chi connectivity index (χ4v) is 2.82. The Labute approximate surface area is 158 Å². The Kier molecular flexibility index (Phi) is 8.43. The van der Waals surface area contributed by atoms with Gasteiger partial charge in [0.15, 0.2) is 0 Å². The van der Waals surface area contributed by atoms with E-state index in [0.717, 1.165) is 13.1 Å². The molecule has 1 amide bonds. The van der Waals surface area contributed by atoms with Gasteiger partial charge in [0.05, 0.1) is 19.3 Å². The van der Waals surface area contributed by atoms with Crippen molar-refractivity contribution in [2.24, 2.45) is 0 Å². The van der Waals surface area contributed by atoms with E-state index in [4.69, 9.17) is 4.74 Å². The van der Waals surface area contributed by atoms with Gasteiger partial charge in [-0.05, 0) is 24.3 Å². The normalized spacial score (nSPS) is 16.8. The highest BCUT2D eigenvalue weighted by atomic mass is 79.9. The molecule has 1 fully saturated rings. The molecule has 1 unspecified atom stereocenters.